The van der Waals surface area contributed by atoms with Gasteiger partial charge in [-0.1, -0.05) is 0 Å². The molecule has 0 saturated heterocycles. The number of rotatable bonds is 0. The van der Waals surface area contributed by atoms with E-state index in [4.69, 9.17) is 28.0 Å². The molecule has 9 heavy (non-hydrogen) atoms. The van der Waals surface area contributed by atoms with Gasteiger partial charge in [-0.15, -0.1) is 11.4 Å². The van der Waals surface area contributed by atoms with Crippen LogP contribution in [0.5, 0.6) is 0 Å². The van der Waals surface area contributed by atoms with E-state index >= 15 is 0 Å². The van der Waals surface area contributed by atoms with Gasteiger partial charge in [0.1, 0.15) is 0 Å². The molecule has 0 amide bonds. The summed E-state index contributed by atoms with van der Waals surface area (Å²) in [6.07, 6.45) is 0. The van der Waals surface area contributed by atoms with Crippen molar-refractivity contribution in [3.63, 3.8) is 0 Å². The Morgan fingerprint density at radius 2 is 1.22 bits per heavy atom. The maximum atomic E-state index is 8.44. The first kappa shape index (κ1) is 16.7. The van der Waals surface area contributed by atoms with Gasteiger partial charge in [0, 0.05) is 0 Å². The summed E-state index contributed by atoms with van der Waals surface area (Å²) < 4.78 is 25.3. The van der Waals surface area contributed by atoms with Crippen molar-refractivity contribution in [2.75, 3.05) is 0 Å². The van der Waals surface area contributed by atoms with E-state index in [0.717, 1.165) is 0 Å². The maximum absolute atomic E-state index is 8.44. The van der Waals surface area contributed by atoms with Crippen LogP contribution in [0.1, 0.15) is 0 Å². The van der Waals surface area contributed by atoms with Crippen LogP contribution in [0.15, 0.2) is 0 Å². The topological polar surface area (TPSA) is 124 Å². The molecule has 0 aromatic rings. The van der Waals surface area contributed by atoms with E-state index in [2.05, 4.69) is 0 Å². The minimum atomic E-state index is -3.11. The minimum Gasteiger partial charge on any atom is -0.784 e. The molecule has 0 aromatic carbocycles. The van der Waals surface area contributed by atoms with Crippen molar-refractivity contribution in [3.05, 3.63) is 0 Å². The van der Waals surface area contributed by atoms with Gasteiger partial charge in [0.25, 0.3) is 0 Å². The van der Waals surface area contributed by atoms with Crippen LogP contribution < -0.4 is 0 Å². The molecule has 0 atom stereocenters. The standard InChI is InChI=1S/H3O3P.H2O3S.Pb/c2*1-4(2)3;/h1-3H;(H2,1,2,3);/q;;+2/p-2. The van der Waals surface area contributed by atoms with Gasteiger partial charge in [-0.3, -0.25) is 4.21 Å². The monoisotopic (exact) mass is 370 g/mol. The molecular formula is H3O6PPbS. The largest absolute Gasteiger partial charge is 2.00 e. The van der Waals surface area contributed by atoms with Crippen LogP contribution in [0.2, 0.25) is 0 Å². The molecule has 3 N–H and O–H groups in total. The van der Waals surface area contributed by atoms with Crippen LogP contribution in [-0.4, -0.2) is 55.3 Å². The number of hydrogen-bond acceptors (Lipinski definition) is 6. The molecular weight excluding hydrogens is 366 g/mol. The Balaban J connectivity index is -0.0000000720. The summed E-state index contributed by atoms with van der Waals surface area (Å²) in [6, 6.07) is 0. The normalized spacial score (nSPS) is 7.89. The zero-order valence-corrected chi connectivity index (χ0v) is 9.52. The molecule has 0 fully saturated rings. The van der Waals surface area contributed by atoms with E-state index in [0.29, 0.717) is 0 Å². The molecule has 9 heteroatoms. The van der Waals surface area contributed by atoms with Crippen molar-refractivity contribution in [1.29, 1.82) is 0 Å². The first-order valence-electron chi connectivity index (χ1n) is 1.10. The van der Waals surface area contributed by atoms with Crippen LogP contribution in [0, 0.1) is 0 Å². The third-order valence-electron chi connectivity index (χ3n) is 0. The summed E-state index contributed by atoms with van der Waals surface area (Å²) in [6.45, 7) is 0. The predicted octanol–water partition coefficient (Wildman–Crippen LogP) is -2.19. The van der Waals surface area contributed by atoms with Gasteiger partial charge in [-0.05, 0) is 0 Å². The Bertz CT molecular complexity index is 57.3. The van der Waals surface area contributed by atoms with Gasteiger partial charge in [-0.25, -0.2) is 0 Å². The van der Waals surface area contributed by atoms with Crippen LogP contribution in [-0.2, 0) is 11.4 Å². The zero-order valence-electron chi connectivity index (χ0n) is 3.92. The molecule has 2 radical (unpaired) electrons. The number of hydrogen-bond donors (Lipinski definition) is 3. The van der Waals surface area contributed by atoms with Crippen LogP contribution in [0.4, 0.5) is 0 Å². The fraction of sp³-hybridized carbons (Fsp3) is 0. The molecule has 0 heterocycles. The minimum absolute atomic E-state index is 0. The van der Waals surface area contributed by atoms with Crippen molar-refractivity contribution in [1.82, 2.24) is 0 Å². The van der Waals surface area contributed by atoms with Crippen molar-refractivity contribution >= 4 is 47.3 Å². The summed E-state index contributed by atoms with van der Waals surface area (Å²) >= 11 is -3.11. The van der Waals surface area contributed by atoms with Gasteiger partial charge in [0.15, 0.2) is 0 Å². The average Bonchev–Trinajstić information content (AvgIpc) is 1.25. The Kier molecular flexibility index (Phi) is 22.3. The van der Waals surface area contributed by atoms with E-state index in [1.165, 1.54) is 0 Å². The van der Waals surface area contributed by atoms with Crippen molar-refractivity contribution in [3.8, 4) is 0 Å². The van der Waals surface area contributed by atoms with Gasteiger partial charge in [-0.2, -0.15) is 0 Å². The molecule has 0 aliphatic heterocycles. The van der Waals surface area contributed by atoms with Crippen LogP contribution in [0.3, 0.4) is 0 Å². The van der Waals surface area contributed by atoms with E-state index in [1.807, 2.05) is 0 Å². The average molecular weight is 369 g/mol. The quantitative estimate of drug-likeness (QED) is 0.253. The predicted molar refractivity (Wildman–Crippen MR) is 29.0 cm³/mol. The van der Waals surface area contributed by atoms with Gasteiger partial charge in [0.2, 0.25) is 0 Å². The molecule has 0 aliphatic carbocycles. The van der Waals surface area contributed by atoms with Crippen molar-refractivity contribution in [2.45, 2.75) is 0 Å². The van der Waals surface area contributed by atoms with Crippen LogP contribution in [0.25, 0.3) is 0 Å². The van der Waals surface area contributed by atoms with E-state index < -0.39 is 20.0 Å². The molecule has 0 unspecified atom stereocenters. The Morgan fingerprint density at radius 1 is 1.22 bits per heavy atom. The molecule has 6 nitrogen and oxygen atoms in total. The molecule has 0 spiro atoms. The van der Waals surface area contributed by atoms with E-state index in [1.54, 1.807) is 0 Å². The summed E-state index contributed by atoms with van der Waals surface area (Å²) in [5.41, 5.74) is 0. The molecule has 54 valence electrons. The summed E-state index contributed by atoms with van der Waals surface area (Å²) in [5.74, 6) is 0. The molecule has 0 saturated carbocycles. The fourth-order valence-electron chi connectivity index (χ4n) is 0. The molecule has 0 aromatic heterocycles. The summed E-state index contributed by atoms with van der Waals surface area (Å²) in [7, 11) is -2.62. The summed E-state index contributed by atoms with van der Waals surface area (Å²) in [5, 5.41) is 0. The third-order valence-corrected chi connectivity index (χ3v) is 0. The molecule has 0 rings (SSSR count). The molecule has 0 bridgehead atoms. The molecule has 0 aliphatic rings. The first-order chi connectivity index (χ1) is 3.46. The Labute approximate surface area is 75.2 Å². The van der Waals surface area contributed by atoms with Gasteiger partial charge >= 0.3 is 35.9 Å². The third kappa shape index (κ3) is 293. The fourth-order valence-corrected chi connectivity index (χ4v) is 0. The van der Waals surface area contributed by atoms with E-state index in [9.17, 15) is 0 Å². The Morgan fingerprint density at radius 3 is 1.22 bits per heavy atom. The summed E-state index contributed by atoms with van der Waals surface area (Å²) in [4.78, 5) is 21.7. The second kappa shape index (κ2) is 12.0. The Hall–Kier alpha value is 1.30. The van der Waals surface area contributed by atoms with Gasteiger partial charge in [0.05, 0.1) is 0 Å². The van der Waals surface area contributed by atoms with Gasteiger partial charge < -0.3 is 23.8 Å². The second-order valence-corrected chi connectivity index (χ2v) is 1.42. The van der Waals surface area contributed by atoms with Crippen molar-refractivity contribution in [2.24, 2.45) is 0 Å². The van der Waals surface area contributed by atoms with Crippen molar-refractivity contribution < 1.29 is 28.0 Å². The zero-order chi connectivity index (χ0) is 7.15. The SMILES string of the molecule is O=S([O-])[O-].OP(O)O.[Pb+2]. The van der Waals surface area contributed by atoms with E-state index in [-0.39, 0.29) is 27.3 Å². The van der Waals surface area contributed by atoms with Crippen LogP contribution >= 0.6 is 8.60 Å². The first-order valence-corrected chi connectivity index (χ1v) is 3.30. The maximum Gasteiger partial charge on any atom is 2.00 e. The smallest absolute Gasteiger partial charge is 0.784 e. The second-order valence-electron chi connectivity index (χ2n) is 0.472.